The van der Waals surface area contributed by atoms with E-state index in [-0.39, 0.29) is 0 Å². The Balaban J connectivity index is 0.000000306. The molecular weight excluding hydrogens is 967 g/mol. The van der Waals surface area contributed by atoms with Gasteiger partial charge in [-0.15, -0.1) is 0 Å². The quantitative estimate of drug-likeness (QED) is 0.141. The first-order chi connectivity index (χ1) is 36.6. The summed E-state index contributed by atoms with van der Waals surface area (Å²) in [7, 11) is 0.681. The van der Waals surface area contributed by atoms with E-state index in [1.807, 2.05) is 61.2 Å². The number of nitrogens with zero attached hydrogens (tertiary/aromatic N) is 2. The van der Waals surface area contributed by atoms with Gasteiger partial charge in [-0.3, -0.25) is 0 Å². The lowest BCUT2D eigenvalue weighted by atomic mass is 10.1. The number of benzene rings is 8. The van der Waals surface area contributed by atoms with Gasteiger partial charge in [-0.25, -0.2) is 0 Å². The van der Waals surface area contributed by atoms with Gasteiger partial charge in [0.15, 0.2) is 0 Å². The van der Waals surface area contributed by atoms with Crippen molar-refractivity contribution in [1.82, 2.24) is 9.13 Å². The Bertz CT molecular complexity index is 2660. The van der Waals surface area contributed by atoms with Crippen molar-refractivity contribution < 1.29 is 9.68 Å². The number of para-hydroxylation sites is 4. The standard InChI is InChI=1S/2C14H13N.2C13H10.C3H8.C2H6BO2.4C2H6.CH3Br/c2*1-2-15-13-9-5-3-7-11(13)12-8-4-6-10-14(12)15;2*1-3-7-12-10(5-1)9-11-6-2-4-8-13(11)12;1-3-2;1-2-5-3-4;5*1-2/h2*3-10H,2H2,1H3;2*1-8H,9H2;3H2,1-2H3;4H,2H2,1H3;4*1-2H3;1H3. The molecule has 74 heavy (non-hydrogen) atoms. The van der Waals surface area contributed by atoms with Crippen LogP contribution in [0.5, 0.6) is 0 Å². The van der Waals surface area contributed by atoms with Crippen LogP contribution >= 0.6 is 15.9 Å². The number of aryl methyl sites for hydroxylation is 2. The summed E-state index contributed by atoms with van der Waals surface area (Å²) in [6.07, 6.45) is 3.46. The molecule has 0 atom stereocenters. The van der Waals surface area contributed by atoms with Crippen molar-refractivity contribution in [2.75, 3.05) is 12.4 Å². The second kappa shape index (κ2) is 37.5. The number of aromatic nitrogens is 2. The molecule has 0 bridgehead atoms. The van der Waals surface area contributed by atoms with Crippen molar-refractivity contribution in [3.05, 3.63) is 216 Å². The molecule has 4 nitrogen and oxygen atoms in total. The minimum atomic E-state index is 0.538. The van der Waals surface area contributed by atoms with Crippen LogP contribution in [0.15, 0.2) is 194 Å². The maximum absolute atomic E-state index is 7.72. The topological polar surface area (TPSA) is 39.3 Å². The molecule has 12 rings (SSSR count). The van der Waals surface area contributed by atoms with E-state index in [1.165, 1.54) is 94.5 Å². The van der Waals surface area contributed by atoms with Gasteiger partial charge >= 0.3 is 7.69 Å². The highest BCUT2D eigenvalue weighted by molar-refractivity contribution is 9.08. The van der Waals surface area contributed by atoms with Gasteiger partial charge in [0.1, 0.15) is 0 Å². The molecule has 0 aliphatic heterocycles. The maximum atomic E-state index is 7.72. The van der Waals surface area contributed by atoms with Crippen LogP contribution in [0.2, 0.25) is 0 Å². The highest BCUT2D eigenvalue weighted by atomic mass is 79.9. The van der Waals surface area contributed by atoms with Gasteiger partial charge in [-0.2, -0.15) is 0 Å². The van der Waals surface area contributed by atoms with Crippen molar-refractivity contribution in [2.24, 2.45) is 0 Å². The Morgan fingerprint density at radius 3 is 0.757 bits per heavy atom. The monoisotopic (exact) mass is 1050 g/mol. The van der Waals surface area contributed by atoms with E-state index in [1.54, 1.807) is 6.92 Å². The predicted molar refractivity (Wildman–Crippen MR) is 335 cm³/mol. The van der Waals surface area contributed by atoms with Crippen LogP contribution in [0.3, 0.4) is 0 Å². The minimum Gasteiger partial charge on any atom is -0.429 e. The molecular formula is C68H87BBrN2O2. The first-order valence-corrected chi connectivity index (χ1v) is 28.8. The molecule has 10 aromatic rings. The highest BCUT2D eigenvalue weighted by Gasteiger charge is 2.17. The number of hydrogen-bond acceptors (Lipinski definition) is 2. The summed E-state index contributed by atoms with van der Waals surface area (Å²) in [6, 6.07) is 69.0. The van der Waals surface area contributed by atoms with Crippen LogP contribution in [0.4, 0.5) is 0 Å². The zero-order valence-electron chi connectivity index (χ0n) is 47.4. The Hall–Kier alpha value is -6.18. The molecule has 2 aromatic heterocycles. The highest BCUT2D eigenvalue weighted by Crippen LogP contribution is 2.37. The molecule has 1 radical (unpaired) electrons. The molecule has 0 fully saturated rings. The smallest absolute Gasteiger partial charge is 0.429 e. The summed E-state index contributed by atoms with van der Waals surface area (Å²) in [5.41, 5.74) is 16.8. The lowest BCUT2D eigenvalue weighted by molar-refractivity contribution is 0.302. The van der Waals surface area contributed by atoms with Gasteiger partial charge in [0.25, 0.3) is 0 Å². The average Bonchev–Trinajstić information content (AvgIpc) is 4.25. The molecule has 0 spiro atoms. The summed E-state index contributed by atoms with van der Waals surface area (Å²) in [5.74, 6) is 1.81. The lowest BCUT2D eigenvalue weighted by Gasteiger charge is -2.01. The molecule has 0 unspecified atom stereocenters. The number of hydrogen-bond donors (Lipinski definition) is 1. The molecule has 0 saturated heterocycles. The van der Waals surface area contributed by atoms with Crippen molar-refractivity contribution in [1.29, 1.82) is 0 Å². The second-order valence-corrected chi connectivity index (χ2v) is 15.8. The van der Waals surface area contributed by atoms with Crippen LogP contribution in [-0.4, -0.2) is 34.3 Å². The zero-order chi connectivity index (χ0) is 54.7. The van der Waals surface area contributed by atoms with Crippen molar-refractivity contribution in [3.63, 3.8) is 0 Å². The van der Waals surface area contributed by atoms with E-state index in [9.17, 15) is 0 Å². The zero-order valence-corrected chi connectivity index (χ0v) is 49.0. The first kappa shape index (κ1) is 63.9. The molecule has 1 N–H and O–H groups in total. The van der Waals surface area contributed by atoms with Crippen LogP contribution < -0.4 is 0 Å². The van der Waals surface area contributed by atoms with Gasteiger partial charge < -0.3 is 18.8 Å². The van der Waals surface area contributed by atoms with Crippen molar-refractivity contribution in [2.45, 2.75) is 122 Å². The first-order valence-electron chi connectivity index (χ1n) is 27.3. The third-order valence-corrected chi connectivity index (χ3v) is 11.6. The van der Waals surface area contributed by atoms with E-state index >= 15 is 0 Å². The predicted octanol–water partition coefficient (Wildman–Crippen LogP) is 20.2. The largest absolute Gasteiger partial charge is 0.485 e. The van der Waals surface area contributed by atoms with E-state index < -0.39 is 0 Å². The van der Waals surface area contributed by atoms with Gasteiger partial charge in [0.05, 0.1) is 0 Å². The van der Waals surface area contributed by atoms with E-state index in [0.717, 1.165) is 25.9 Å². The molecule has 0 saturated carbocycles. The normalized spacial score (nSPS) is 10.1. The fraction of sp³-hybridized carbons (Fsp3) is 0.294. The van der Waals surface area contributed by atoms with Gasteiger partial charge in [0, 0.05) is 63.3 Å². The third kappa shape index (κ3) is 16.9. The van der Waals surface area contributed by atoms with Crippen LogP contribution in [0, 0.1) is 0 Å². The Morgan fingerprint density at radius 1 is 0.365 bits per heavy atom. The van der Waals surface area contributed by atoms with Crippen molar-refractivity contribution >= 4 is 67.2 Å². The number of rotatable bonds is 4. The van der Waals surface area contributed by atoms with Crippen LogP contribution in [-0.2, 0) is 30.6 Å². The Kier molecular flexibility index (Phi) is 32.4. The fourth-order valence-corrected chi connectivity index (χ4v) is 8.92. The summed E-state index contributed by atoms with van der Waals surface area (Å²) in [5, 5.41) is 13.1. The average molecular weight is 1060 g/mol. The molecule has 2 heterocycles. The van der Waals surface area contributed by atoms with E-state index in [0.29, 0.717) is 14.3 Å². The number of fused-ring (bicyclic) bond motifs is 12. The molecule has 8 aromatic carbocycles. The Labute approximate surface area is 456 Å². The van der Waals surface area contributed by atoms with Gasteiger partial charge in [-0.05, 0) is 108 Å². The third-order valence-electron chi connectivity index (χ3n) is 11.6. The summed E-state index contributed by atoms with van der Waals surface area (Å²) < 4.78 is 9.00. The summed E-state index contributed by atoms with van der Waals surface area (Å²) in [4.78, 5) is 0. The molecule has 0 amide bonds. The van der Waals surface area contributed by atoms with E-state index in [4.69, 9.17) is 5.02 Å². The SMILES string of the molecule is CBr.CC.CC.CC.CC.CCC.CCO[B]O.CCn1c2ccccc2c2ccccc21.CCn1c2ccccc2c2ccccc21.c1ccc2c(c1)Cc1ccccc1-2.c1ccc2c(c1)Cc1ccccc1-2. The molecule has 2 aliphatic carbocycles. The summed E-state index contributed by atoms with van der Waals surface area (Å²) in [6.45, 7) is 29.0. The number of halogens is 1. The minimum absolute atomic E-state index is 0.538. The Morgan fingerprint density at radius 2 is 0.568 bits per heavy atom. The molecule has 2 aliphatic rings. The lowest BCUT2D eigenvalue weighted by Crippen LogP contribution is -1.93. The maximum Gasteiger partial charge on any atom is 0.485 e. The van der Waals surface area contributed by atoms with Gasteiger partial charge in [0.2, 0.25) is 0 Å². The molecule has 391 valence electrons. The van der Waals surface area contributed by atoms with Crippen LogP contribution in [0.1, 0.15) is 119 Å². The molecule has 6 heteroatoms. The van der Waals surface area contributed by atoms with Gasteiger partial charge in [-0.1, -0.05) is 261 Å². The summed E-state index contributed by atoms with van der Waals surface area (Å²) >= 11 is 2.94. The van der Waals surface area contributed by atoms with Crippen LogP contribution in [0.25, 0.3) is 65.9 Å². The second-order valence-electron chi connectivity index (χ2n) is 15.8. The van der Waals surface area contributed by atoms with Crippen molar-refractivity contribution in [3.8, 4) is 22.3 Å². The van der Waals surface area contributed by atoms with E-state index in [2.05, 4.69) is 252 Å². The fourth-order valence-electron chi connectivity index (χ4n) is 8.92. The number of alkyl halides is 1.